The molecule has 3 unspecified atom stereocenters. The van der Waals surface area contributed by atoms with Crippen molar-refractivity contribution in [2.75, 3.05) is 18.0 Å². The monoisotopic (exact) mass is 433 g/mol. The van der Waals surface area contributed by atoms with Gasteiger partial charge >= 0.3 is 6.16 Å². The van der Waals surface area contributed by atoms with Crippen LogP contribution in [-0.4, -0.2) is 41.1 Å². The summed E-state index contributed by atoms with van der Waals surface area (Å²) in [6.07, 6.45) is 3.98. The molecule has 0 radical (unpaired) electrons. The Kier molecular flexibility index (Phi) is 4.52. The lowest BCUT2D eigenvalue weighted by atomic mass is 9.83. The van der Waals surface area contributed by atoms with Gasteiger partial charge in [-0.2, -0.15) is 0 Å². The van der Waals surface area contributed by atoms with E-state index in [-0.39, 0.29) is 23.6 Å². The van der Waals surface area contributed by atoms with Crippen molar-refractivity contribution >= 4 is 34.3 Å². The van der Waals surface area contributed by atoms with E-state index in [4.69, 9.17) is 22.4 Å². The molecule has 1 saturated heterocycles. The maximum absolute atomic E-state index is 13.9. The molecule has 1 aromatic carbocycles. The van der Waals surface area contributed by atoms with Gasteiger partial charge in [-0.3, -0.25) is 4.79 Å². The van der Waals surface area contributed by atoms with Gasteiger partial charge in [0, 0.05) is 25.6 Å². The third-order valence-corrected chi connectivity index (χ3v) is 6.81. The number of nitrogens with zero attached hydrogens (tertiary/aromatic N) is 2. The van der Waals surface area contributed by atoms with E-state index in [1.165, 1.54) is 6.20 Å². The van der Waals surface area contributed by atoms with Gasteiger partial charge in [0.05, 0.1) is 33.9 Å². The van der Waals surface area contributed by atoms with E-state index in [0.29, 0.717) is 22.4 Å². The Morgan fingerprint density at radius 3 is 2.77 bits per heavy atom. The summed E-state index contributed by atoms with van der Waals surface area (Å²) in [4.78, 5) is 25.9. The van der Waals surface area contributed by atoms with Crippen LogP contribution in [0.4, 0.5) is 14.9 Å². The third kappa shape index (κ3) is 3.06. The van der Waals surface area contributed by atoms with Crippen LogP contribution < -0.4 is 20.8 Å². The molecule has 3 N–H and O–H groups in total. The molecule has 2 aliphatic carbocycles. The lowest BCUT2D eigenvalue weighted by molar-refractivity contribution is 0.143. The van der Waals surface area contributed by atoms with Crippen LogP contribution in [0, 0.1) is 11.8 Å². The molecule has 1 aliphatic heterocycles. The standard InChI is InChI=1S/C21H21ClFN3O4/c22-18-15(25-7-10-2-1-3-14(24)12(10)8-25)5-4-11-19(18)26(16-6-13(16)23)9-17(20(11)27)30-21(28)29/h1,3-5,9-10,12-14,16H,2,6-8,24H2,(H,28,29)/t10?,12?,13-,14?,16+/m0/s1. The van der Waals surface area contributed by atoms with Crippen LogP contribution in [0.2, 0.25) is 5.02 Å². The summed E-state index contributed by atoms with van der Waals surface area (Å²) in [5.41, 5.74) is 6.84. The summed E-state index contributed by atoms with van der Waals surface area (Å²) in [6.45, 7) is 1.55. The van der Waals surface area contributed by atoms with Crippen molar-refractivity contribution in [1.29, 1.82) is 0 Å². The zero-order valence-corrected chi connectivity index (χ0v) is 16.8. The van der Waals surface area contributed by atoms with Crippen molar-refractivity contribution in [3.8, 4) is 5.75 Å². The molecule has 0 spiro atoms. The first-order valence-corrected chi connectivity index (χ1v) is 10.3. The first kappa shape index (κ1) is 19.4. The van der Waals surface area contributed by atoms with Crippen molar-refractivity contribution in [3.63, 3.8) is 0 Å². The Balaban J connectivity index is 1.62. The van der Waals surface area contributed by atoms with Gasteiger partial charge in [0.1, 0.15) is 6.17 Å². The van der Waals surface area contributed by atoms with E-state index < -0.39 is 23.8 Å². The van der Waals surface area contributed by atoms with Gasteiger partial charge in [-0.25, -0.2) is 9.18 Å². The van der Waals surface area contributed by atoms with Crippen LogP contribution in [0.5, 0.6) is 5.75 Å². The Morgan fingerprint density at radius 1 is 1.33 bits per heavy atom. The van der Waals surface area contributed by atoms with Crippen LogP contribution in [-0.2, 0) is 0 Å². The van der Waals surface area contributed by atoms with E-state index in [1.54, 1.807) is 16.7 Å². The van der Waals surface area contributed by atoms with Gasteiger partial charge in [0.15, 0.2) is 5.75 Å². The zero-order chi connectivity index (χ0) is 21.2. The van der Waals surface area contributed by atoms with E-state index in [2.05, 4.69) is 15.7 Å². The lowest BCUT2D eigenvalue weighted by Gasteiger charge is -2.25. The van der Waals surface area contributed by atoms with Crippen LogP contribution in [0.3, 0.4) is 0 Å². The molecule has 0 bridgehead atoms. The molecule has 7 nitrogen and oxygen atoms in total. The summed E-state index contributed by atoms with van der Waals surface area (Å²) in [6, 6.07) is 2.87. The molecule has 2 heterocycles. The summed E-state index contributed by atoms with van der Waals surface area (Å²) in [5.74, 6) is 0.403. The summed E-state index contributed by atoms with van der Waals surface area (Å²) in [5, 5.41) is 9.49. The molecule has 30 heavy (non-hydrogen) atoms. The van der Waals surface area contributed by atoms with Gasteiger partial charge in [0.25, 0.3) is 0 Å². The first-order valence-electron chi connectivity index (χ1n) is 9.94. The number of alkyl halides is 1. The Bertz CT molecular complexity index is 1130. The molecule has 3 aliphatic rings. The van der Waals surface area contributed by atoms with Crippen LogP contribution in [0.1, 0.15) is 18.9 Å². The van der Waals surface area contributed by atoms with E-state index >= 15 is 0 Å². The van der Waals surface area contributed by atoms with E-state index in [9.17, 15) is 14.0 Å². The number of hydrogen-bond acceptors (Lipinski definition) is 5. The molecule has 5 rings (SSSR count). The number of ether oxygens (including phenoxy) is 1. The molecule has 1 saturated carbocycles. The Morgan fingerprint density at radius 2 is 2.10 bits per heavy atom. The quantitative estimate of drug-likeness (QED) is 0.569. The molecule has 158 valence electrons. The van der Waals surface area contributed by atoms with Gasteiger partial charge in [0.2, 0.25) is 5.43 Å². The molecular weight excluding hydrogens is 413 g/mol. The normalized spacial score (nSPS) is 29.8. The number of aromatic nitrogens is 1. The second-order valence-corrected chi connectivity index (χ2v) is 8.66. The molecule has 2 aromatic rings. The number of fused-ring (bicyclic) bond motifs is 2. The maximum atomic E-state index is 13.9. The van der Waals surface area contributed by atoms with Gasteiger partial charge in [-0.1, -0.05) is 23.8 Å². The SMILES string of the molecule is NC1C=CCC2CN(c3ccc4c(=O)c(OC(=O)O)cn([C@@H]5C[C@@H]5F)c4c3Cl)CC12. The minimum atomic E-state index is -1.60. The van der Waals surface area contributed by atoms with Crippen LogP contribution in [0.15, 0.2) is 35.3 Å². The first-order chi connectivity index (χ1) is 14.3. The largest absolute Gasteiger partial charge is 0.511 e. The Hall–Kier alpha value is -2.58. The van der Waals surface area contributed by atoms with Crippen molar-refractivity contribution < 1.29 is 19.0 Å². The third-order valence-electron chi connectivity index (χ3n) is 6.44. The number of nitrogens with two attached hydrogens (primary N) is 1. The van der Waals surface area contributed by atoms with Crippen molar-refractivity contribution in [2.45, 2.75) is 31.1 Å². The molecule has 5 atom stereocenters. The lowest BCUT2D eigenvalue weighted by Crippen LogP contribution is -2.35. The minimum Gasteiger partial charge on any atom is -0.449 e. The topological polar surface area (TPSA) is 97.8 Å². The molecule has 2 fully saturated rings. The number of rotatable bonds is 3. The van der Waals surface area contributed by atoms with Gasteiger partial charge in [-0.15, -0.1) is 0 Å². The molecular formula is C21H21ClFN3O4. The fourth-order valence-corrected chi connectivity index (χ4v) is 5.20. The number of hydrogen-bond donors (Lipinski definition) is 2. The minimum absolute atomic E-state index is 0.000600. The highest BCUT2D eigenvalue weighted by Crippen LogP contribution is 2.45. The number of carboxylic acid groups (broad SMARTS) is 1. The highest BCUT2D eigenvalue weighted by Gasteiger charge is 2.41. The summed E-state index contributed by atoms with van der Waals surface area (Å²) in [7, 11) is 0. The number of carbonyl (C=O) groups is 1. The number of allylic oxidation sites excluding steroid dienone is 1. The number of anilines is 1. The van der Waals surface area contributed by atoms with E-state index in [1.807, 2.05) is 6.08 Å². The van der Waals surface area contributed by atoms with Crippen LogP contribution in [0.25, 0.3) is 10.9 Å². The van der Waals surface area contributed by atoms with Gasteiger partial charge < -0.3 is 25.0 Å². The summed E-state index contributed by atoms with van der Waals surface area (Å²) < 4.78 is 20.1. The average molecular weight is 434 g/mol. The highest BCUT2D eigenvalue weighted by atomic mass is 35.5. The number of pyridine rings is 1. The van der Waals surface area contributed by atoms with Gasteiger partial charge in [-0.05, 0) is 30.4 Å². The smallest absolute Gasteiger partial charge is 0.449 e. The van der Waals surface area contributed by atoms with Crippen LogP contribution >= 0.6 is 11.6 Å². The predicted molar refractivity (Wildman–Crippen MR) is 111 cm³/mol. The fourth-order valence-electron chi connectivity index (χ4n) is 4.82. The highest BCUT2D eigenvalue weighted by molar-refractivity contribution is 6.38. The molecule has 0 amide bonds. The maximum Gasteiger partial charge on any atom is 0.511 e. The fraction of sp³-hybridized carbons (Fsp3) is 0.429. The second kappa shape index (κ2) is 6.99. The Labute approximate surface area is 176 Å². The average Bonchev–Trinajstić information content (AvgIpc) is 3.25. The number of halogens is 2. The van der Waals surface area contributed by atoms with E-state index in [0.717, 1.165) is 25.2 Å². The predicted octanol–water partition coefficient (Wildman–Crippen LogP) is 3.33. The summed E-state index contributed by atoms with van der Waals surface area (Å²) >= 11 is 6.78. The van der Waals surface area contributed by atoms with Crippen molar-refractivity contribution in [1.82, 2.24) is 4.57 Å². The second-order valence-electron chi connectivity index (χ2n) is 8.28. The number of benzene rings is 1. The molecule has 9 heteroatoms. The molecule has 1 aromatic heterocycles. The van der Waals surface area contributed by atoms with Crippen molar-refractivity contribution in [3.05, 3.63) is 45.7 Å². The van der Waals surface area contributed by atoms with Crippen molar-refractivity contribution in [2.24, 2.45) is 17.6 Å². The zero-order valence-electron chi connectivity index (χ0n) is 16.0.